The summed E-state index contributed by atoms with van der Waals surface area (Å²) < 4.78 is 5.54. The number of nitrogens with one attached hydrogen (secondary N) is 2. The molecule has 2 aromatic carbocycles. The van der Waals surface area contributed by atoms with Crippen LogP contribution < -0.4 is 10.6 Å². The van der Waals surface area contributed by atoms with Crippen molar-refractivity contribution in [3.05, 3.63) is 59.7 Å². The standard InChI is InChI=1S/C26H30N2O5/c1-2-16(24(29)28-18-12-11-17(13-18)25(30)31)14-27-26(32)33-15-23-21-9-5-3-7-19(21)20-8-4-6-10-22(20)23/h3-10,16-18,23H,2,11-15H2,1H3,(H,27,32)(H,28,29)(H,30,31)/t16?,17-,18+/m1/s1. The minimum Gasteiger partial charge on any atom is -0.481 e. The van der Waals surface area contributed by atoms with Gasteiger partial charge in [-0.2, -0.15) is 0 Å². The van der Waals surface area contributed by atoms with Gasteiger partial charge in [0.05, 0.1) is 11.8 Å². The number of fused-ring (bicyclic) bond motifs is 3. The van der Waals surface area contributed by atoms with E-state index in [2.05, 4.69) is 34.9 Å². The van der Waals surface area contributed by atoms with Gasteiger partial charge in [-0.3, -0.25) is 9.59 Å². The topological polar surface area (TPSA) is 105 Å². The molecule has 0 bridgehead atoms. The third kappa shape index (κ3) is 5.02. The average molecular weight is 451 g/mol. The lowest BCUT2D eigenvalue weighted by molar-refractivity contribution is -0.141. The number of carboxylic acid groups (broad SMARTS) is 1. The van der Waals surface area contributed by atoms with E-state index in [-0.39, 0.29) is 31.0 Å². The Morgan fingerprint density at radius 2 is 1.67 bits per heavy atom. The van der Waals surface area contributed by atoms with Crippen molar-refractivity contribution >= 4 is 18.0 Å². The van der Waals surface area contributed by atoms with Crippen LogP contribution in [0, 0.1) is 11.8 Å². The van der Waals surface area contributed by atoms with Crippen molar-refractivity contribution < 1.29 is 24.2 Å². The minimum absolute atomic E-state index is 0.0158. The second kappa shape index (κ2) is 10.1. The quantitative estimate of drug-likeness (QED) is 0.565. The second-order valence-corrected chi connectivity index (χ2v) is 8.87. The molecule has 0 saturated heterocycles. The van der Waals surface area contributed by atoms with Crippen LogP contribution in [0.2, 0.25) is 0 Å². The number of benzene rings is 2. The number of alkyl carbamates (subject to hydrolysis) is 1. The summed E-state index contributed by atoms with van der Waals surface area (Å²) >= 11 is 0. The molecule has 2 amide bonds. The highest BCUT2D eigenvalue weighted by Crippen LogP contribution is 2.44. The zero-order valence-corrected chi connectivity index (χ0v) is 18.8. The summed E-state index contributed by atoms with van der Waals surface area (Å²) in [5.41, 5.74) is 4.63. The molecule has 174 valence electrons. The van der Waals surface area contributed by atoms with Crippen LogP contribution >= 0.6 is 0 Å². The molecule has 2 aliphatic rings. The molecule has 4 rings (SSSR count). The molecule has 0 aliphatic heterocycles. The Kier molecular flexibility index (Phi) is 6.96. The number of carboxylic acids is 1. The molecule has 0 radical (unpaired) electrons. The summed E-state index contributed by atoms with van der Waals surface area (Å²) in [5, 5.41) is 14.8. The van der Waals surface area contributed by atoms with Gasteiger partial charge in [-0.25, -0.2) is 4.79 Å². The van der Waals surface area contributed by atoms with Crippen molar-refractivity contribution in [2.75, 3.05) is 13.2 Å². The maximum Gasteiger partial charge on any atom is 0.407 e. The van der Waals surface area contributed by atoms with E-state index < -0.39 is 23.9 Å². The molecule has 0 aromatic heterocycles. The van der Waals surface area contributed by atoms with Gasteiger partial charge in [-0.05, 0) is 47.9 Å². The van der Waals surface area contributed by atoms with Gasteiger partial charge in [-0.15, -0.1) is 0 Å². The van der Waals surface area contributed by atoms with E-state index in [1.807, 2.05) is 31.2 Å². The van der Waals surface area contributed by atoms with Gasteiger partial charge >= 0.3 is 12.1 Å². The summed E-state index contributed by atoms with van der Waals surface area (Å²) in [4.78, 5) is 36.1. The molecule has 3 N–H and O–H groups in total. The molecule has 2 aliphatic carbocycles. The molecule has 1 unspecified atom stereocenters. The maximum atomic E-state index is 12.6. The summed E-state index contributed by atoms with van der Waals surface area (Å²) in [6, 6.07) is 16.2. The van der Waals surface area contributed by atoms with Gasteiger partial charge in [0.15, 0.2) is 0 Å². The van der Waals surface area contributed by atoms with Crippen molar-refractivity contribution in [2.24, 2.45) is 11.8 Å². The SMILES string of the molecule is CCC(CNC(=O)OCC1c2ccccc2-c2ccccc21)C(=O)N[C@H]1CC[C@@H](C(=O)O)C1. The molecule has 7 nitrogen and oxygen atoms in total. The molecular weight excluding hydrogens is 420 g/mol. The molecule has 0 spiro atoms. The summed E-state index contributed by atoms with van der Waals surface area (Å²) in [5.74, 6) is -1.77. The molecule has 1 saturated carbocycles. The highest BCUT2D eigenvalue weighted by molar-refractivity contribution is 5.81. The largest absolute Gasteiger partial charge is 0.481 e. The lowest BCUT2D eigenvalue weighted by Gasteiger charge is -2.20. The summed E-state index contributed by atoms with van der Waals surface area (Å²) in [6.45, 7) is 2.29. The first-order valence-corrected chi connectivity index (χ1v) is 11.6. The van der Waals surface area contributed by atoms with E-state index in [1.165, 1.54) is 11.1 Å². The number of ether oxygens (including phenoxy) is 1. The van der Waals surface area contributed by atoms with Crippen molar-refractivity contribution in [3.63, 3.8) is 0 Å². The van der Waals surface area contributed by atoms with Gasteiger partial charge in [-0.1, -0.05) is 55.5 Å². The predicted octanol–water partition coefficient (Wildman–Crippen LogP) is 3.92. The van der Waals surface area contributed by atoms with Crippen LogP contribution in [0.4, 0.5) is 4.79 Å². The lowest BCUT2D eigenvalue weighted by Crippen LogP contribution is -2.42. The molecule has 0 heterocycles. The van der Waals surface area contributed by atoms with E-state index in [4.69, 9.17) is 9.84 Å². The number of carbonyl (C=O) groups is 3. The second-order valence-electron chi connectivity index (χ2n) is 8.87. The Labute approximate surface area is 193 Å². The fourth-order valence-corrected chi connectivity index (χ4v) is 4.93. The normalized spacial score (nSPS) is 19.9. The molecule has 2 aromatic rings. The van der Waals surface area contributed by atoms with E-state index in [9.17, 15) is 14.4 Å². The fourth-order valence-electron chi connectivity index (χ4n) is 4.93. The Morgan fingerprint density at radius 1 is 1.03 bits per heavy atom. The van der Waals surface area contributed by atoms with Gasteiger partial charge in [0.25, 0.3) is 0 Å². The van der Waals surface area contributed by atoms with E-state index in [1.54, 1.807) is 0 Å². The zero-order chi connectivity index (χ0) is 23.4. The molecule has 7 heteroatoms. The fraction of sp³-hybridized carbons (Fsp3) is 0.423. The monoisotopic (exact) mass is 450 g/mol. The first kappa shape index (κ1) is 22.8. The summed E-state index contributed by atoms with van der Waals surface area (Å²) in [6.07, 6.45) is 1.71. The molecule has 33 heavy (non-hydrogen) atoms. The van der Waals surface area contributed by atoms with Crippen LogP contribution in [0.25, 0.3) is 11.1 Å². The maximum absolute atomic E-state index is 12.6. The number of carbonyl (C=O) groups excluding carboxylic acids is 2. The smallest absolute Gasteiger partial charge is 0.407 e. The van der Waals surface area contributed by atoms with Crippen LogP contribution in [-0.2, 0) is 14.3 Å². The molecule has 1 fully saturated rings. The molecular formula is C26H30N2O5. The highest BCUT2D eigenvalue weighted by Gasteiger charge is 2.32. The number of hydrogen-bond donors (Lipinski definition) is 3. The number of aliphatic carboxylic acids is 1. The van der Waals surface area contributed by atoms with Crippen molar-refractivity contribution in [3.8, 4) is 11.1 Å². The van der Waals surface area contributed by atoms with Gasteiger partial charge < -0.3 is 20.5 Å². The summed E-state index contributed by atoms with van der Waals surface area (Å²) in [7, 11) is 0. The Bertz CT molecular complexity index is 991. The number of hydrogen-bond acceptors (Lipinski definition) is 4. The minimum atomic E-state index is -0.810. The number of amides is 2. The van der Waals surface area contributed by atoms with Crippen LogP contribution in [0.15, 0.2) is 48.5 Å². The van der Waals surface area contributed by atoms with Gasteiger partial charge in [0.2, 0.25) is 5.91 Å². The third-order valence-corrected chi connectivity index (χ3v) is 6.83. The third-order valence-electron chi connectivity index (χ3n) is 6.83. The van der Waals surface area contributed by atoms with Crippen LogP contribution in [-0.4, -0.2) is 42.3 Å². The molecule has 3 atom stereocenters. The van der Waals surface area contributed by atoms with Crippen molar-refractivity contribution in [1.82, 2.24) is 10.6 Å². The zero-order valence-electron chi connectivity index (χ0n) is 18.8. The number of rotatable bonds is 8. The van der Waals surface area contributed by atoms with E-state index in [0.29, 0.717) is 25.7 Å². The average Bonchev–Trinajstić information content (AvgIpc) is 3.41. The van der Waals surface area contributed by atoms with E-state index in [0.717, 1.165) is 11.1 Å². The van der Waals surface area contributed by atoms with Gasteiger partial charge in [0, 0.05) is 18.5 Å². The predicted molar refractivity (Wildman–Crippen MR) is 124 cm³/mol. The Hall–Kier alpha value is -3.35. The van der Waals surface area contributed by atoms with Crippen molar-refractivity contribution in [1.29, 1.82) is 0 Å². The van der Waals surface area contributed by atoms with E-state index >= 15 is 0 Å². The highest BCUT2D eigenvalue weighted by atomic mass is 16.5. The first-order chi connectivity index (χ1) is 16.0. The van der Waals surface area contributed by atoms with Gasteiger partial charge in [0.1, 0.15) is 6.61 Å². The Morgan fingerprint density at radius 3 is 2.24 bits per heavy atom. The first-order valence-electron chi connectivity index (χ1n) is 11.6. The van der Waals surface area contributed by atoms with Crippen LogP contribution in [0.1, 0.15) is 49.7 Å². The van der Waals surface area contributed by atoms with Crippen molar-refractivity contribution in [2.45, 2.75) is 44.6 Å². The lowest BCUT2D eigenvalue weighted by atomic mass is 9.98. The van der Waals surface area contributed by atoms with Crippen LogP contribution in [0.3, 0.4) is 0 Å². The van der Waals surface area contributed by atoms with Crippen LogP contribution in [0.5, 0.6) is 0 Å². The Balaban J connectivity index is 1.28.